The summed E-state index contributed by atoms with van der Waals surface area (Å²) in [6, 6.07) is 9.06. The average molecular weight is 230 g/mol. The normalized spacial score (nSPS) is 25.2. The Balaban J connectivity index is 1.86. The van der Waals surface area contributed by atoms with Gasteiger partial charge in [0.2, 0.25) is 0 Å². The highest BCUT2D eigenvalue weighted by Gasteiger charge is 2.36. The molecule has 1 fully saturated rings. The third-order valence-corrected chi connectivity index (χ3v) is 7.31. The molecule has 1 aliphatic carbocycles. The Kier molecular flexibility index (Phi) is 3.33. The first-order chi connectivity index (χ1) is 7.95. The van der Waals surface area contributed by atoms with Gasteiger partial charge in [-0.15, -0.1) is 0 Å². The SMILES string of the molecule is c1ccc2c(c1)CCC[CH]2[Al]1[CH2]CCC[O]1. The van der Waals surface area contributed by atoms with E-state index in [4.69, 9.17) is 3.79 Å². The number of aryl methyl sites for hydroxylation is 1. The van der Waals surface area contributed by atoms with Gasteiger partial charge in [-0.25, -0.2) is 0 Å². The van der Waals surface area contributed by atoms with E-state index >= 15 is 0 Å². The lowest BCUT2D eigenvalue weighted by Gasteiger charge is -2.31. The zero-order valence-corrected chi connectivity index (χ0v) is 11.0. The molecule has 1 aromatic carbocycles. The molecule has 3 rings (SSSR count). The summed E-state index contributed by atoms with van der Waals surface area (Å²) in [4.78, 5) is 0. The van der Waals surface area contributed by atoms with Gasteiger partial charge in [0.1, 0.15) is 0 Å². The van der Waals surface area contributed by atoms with Gasteiger partial charge in [-0.3, -0.25) is 0 Å². The first kappa shape index (κ1) is 10.8. The maximum atomic E-state index is 6.11. The lowest BCUT2D eigenvalue weighted by molar-refractivity contribution is 0.277. The van der Waals surface area contributed by atoms with E-state index in [1.54, 1.807) is 11.1 Å². The Morgan fingerprint density at radius 1 is 1.12 bits per heavy atom. The molecule has 0 saturated carbocycles. The van der Waals surface area contributed by atoms with Crippen LogP contribution in [0.25, 0.3) is 0 Å². The monoisotopic (exact) mass is 230 g/mol. The molecule has 2 heteroatoms. The van der Waals surface area contributed by atoms with Gasteiger partial charge in [-0.05, 0) is 29.6 Å². The van der Waals surface area contributed by atoms with Crippen molar-refractivity contribution in [1.82, 2.24) is 0 Å². The van der Waals surface area contributed by atoms with E-state index < -0.39 is 14.5 Å². The third kappa shape index (κ3) is 2.07. The molecule has 0 amide bonds. The highest BCUT2D eigenvalue weighted by molar-refractivity contribution is 6.54. The van der Waals surface area contributed by atoms with Crippen molar-refractivity contribution in [2.45, 2.75) is 42.2 Å². The maximum Gasteiger partial charge on any atom is 0.468 e. The predicted molar refractivity (Wildman–Crippen MR) is 67.9 cm³/mol. The highest BCUT2D eigenvalue weighted by atomic mass is 27.2. The van der Waals surface area contributed by atoms with Gasteiger partial charge in [0.25, 0.3) is 0 Å². The van der Waals surface area contributed by atoms with Crippen LogP contribution in [0, 0.1) is 0 Å². The van der Waals surface area contributed by atoms with Crippen LogP contribution in [0.2, 0.25) is 5.28 Å². The summed E-state index contributed by atoms with van der Waals surface area (Å²) in [5.41, 5.74) is 3.23. The second kappa shape index (κ2) is 4.92. The molecule has 1 unspecified atom stereocenters. The molecule has 0 bridgehead atoms. The smallest absolute Gasteiger partial charge is 0.468 e. The van der Waals surface area contributed by atoms with Crippen molar-refractivity contribution in [3.63, 3.8) is 0 Å². The number of hydrogen-bond acceptors (Lipinski definition) is 1. The minimum atomic E-state index is -0.945. The van der Waals surface area contributed by atoms with Crippen LogP contribution in [0.1, 0.15) is 41.6 Å². The molecular weight excluding hydrogens is 211 g/mol. The van der Waals surface area contributed by atoms with Crippen LogP contribution in [0.15, 0.2) is 24.3 Å². The summed E-state index contributed by atoms with van der Waals surface area (Å²) in [6.07, 6.45) is 6.74. The zero-order chi connectivity index (χ0) is 10.8. The zero-order valence-electron chi connectivity index (χ0n) is 9.82. The summed E-state index contributed by atoms with van der Waals surface area (Å²) >= 11 is -0.945. The fourth-order valence-corrected chi connectivity index (χ4v) is 6.56. The van der Waals surface area contributed by atoms with Crippen LogP contribution >= 0.6 is 0 Å². The van der Waals surface area contributed by atoms with E-state index in [0.29, 0.717) is 0 Å². The molecule has 1 aromatic rings. The number of fused-ring (bicyclic) bond motifs is 1. The second-order valence-corrected chi connectivity index (χ2v) is 7.89. The van der Waals surface area contributed by atoms with E-state index in [1.807, 2.05) is 0 Å². The highest BCUT2D eigenvalue weighted by Crippen LogP contribution is 2.36. The van der Waals surface area contributed by atoms with Gasteiger partial charge in [0.15, 0.2) is 0 Å². The summed E-state index contributed by atoms with van der Waals surface area (Å²) in [6.45, 7) is 1.04. The van der Waals surface area contributed by atoms with Crippen LogP contribution < -0.4 is 0 Å². The average Bonchev–Trinajstić information content (AvgIpc) is 2.39. The first-order valence-corrected chi connectivity index (χ1v) is 8.60. The molecule has 1 nitrogen and oxygen atoms in total. The fraction of sp³-hybridized carbons (Fsp3) is 0.571. The molecule has 2 aliphatic rings. The predicted octanol–water partition coefficient (Wildman–Crippen LogP) is 3.45. The van der Waals surface area contributed by atoms with Crippen LogP contribution in [-0.2, 0) is 10.2 Å². The van der Waals surface area contributed by atoms with Gasteiger partial charge in [-0.1, -0.05) is 48.0 Å². The van der Waals surface area contributed by atoms with Crippen molar-refractivity contribution in [2.24, 2.45) is 0 Å². The fourth-order valence-electron chi connectivity index (χ4n) is 3.26. The van der Waals surface area contributed by atoms with Gasteiger partial charge in [-0.2, -0.15) is 0 Å². The molecule has 84 valence electrons. The second-order valence-electron chi connectivity index (χ2n) is 5.10. The van der Waals surface area contributed by atoms with Crippen molar-refractivity contribution in [1.29, 1.82) is 0 Å². The Hall–Kier alpha value is -0.288. The lowest BCUT2D eigenvalue weighted by atomic mass is 9.91. The molecule has 1 aliphatic heterocycles. The van der Waals surface area contributed by atoms with Gasteiger partial charge < -0.3 is 3.79 Å². The Labute approximate surface area is 103 Å². The Morgan fingerprint density at radius 3 is 2.94 bits per heavy atom. The molecule has 0 radical (unpaired) electrons. The van der Waals surface area contributed by atoms with Crippen molar-refractivity contribution in [3.8, 4) is 0 Å². The van der Waals surface area contributed by atoms with Crippen LogP contribution in [0.5, 0.6) is 0 Å². The molecule has 1 heterocycles. The summed E-state index contributed by atoms with van der Waals surface area (Å²) in [7, 11) is 0. The quantitative estimate of drug-likeness (QED) is 0.671. The summed E-state index contributed by atoms with van der Waals surface area (Å²) < 4.78 is 6.92. The van der Waals surface area contributed by atoms with E-state index in [2.05, 4.69) is 24.3 Å². The van der Waals surface area contributed by atoms with Crippen LogP contribution in [0.4, 0.5) is 0 Å². The third-order valence-electron chi connectivity index (χ3n) is 4.08. The number of hydrogen-bond donors (Lipinski definition) is 0. The molecule has 1 atom stereocenters. The van der Waals surface area contributed by atoms with Crippen molar-refractivity contribution in [3.05, 3.63) is 35.4 Å². The number of benzene rings is 1. The lowest BCUT2D eigenvalue weighted by Crippen LogP contribution is -2.33. The minimum Gasteiger partial charge on any atom is -0.500 e. The molecule has 16 heavy (non-hydrogen) atoms. The number of rotatable bonds is 1. The first-order valence-electron chi connectivity index (χ1n) is 6.64. The van der Waals surface area contributed by atoms with Crippen molar-refractivity contribution in [2.75, 3.05) is 6.61 Å². The standard InChI is InChI=1S/C10H11.C4H8O.Al/c1-2-6-10-8-4-3-7-9(10)5-1;1-2-3-4-5;/h1-2,5-7H,3-4,8H2;1-4H2;/q;-1;+1. The van der Waals surface area contributed by atoms with Gasteiger partial charge >= 0.3 is 14.5 Å². The summed E-state index contributed by atoms with van der Waals surface area (Å²) in [5, 5.41) is 1.40. The summed E-state index contributed by atoms with van der Waals surface area (Å²) in [5.74, 6) is 0. The van der Waals surface area contributed by atoms with Gasteiger partial charge in [0, 0.05) is 6.61 Å². The van der Waals surface area contributed by atoms with E-state index in [-0.39, 0.29) is 0 Å². The molecular formula is C14H19AlO. The largest absolute Gasteiger partial charge is 0.500 e. The maximum absolute atomic E-state index is 6.11. The van der Waals surface area contributed by atoms with Crippen molar-refractivity contribution < 1.29 is 3.79 Å². The molecule has 1 saturated heterocycles. The molecule has 0 N–H and O–H groups in total. The van der Waals surface area contributed by atoms with E-state index in [0.717, 1.165) is 11.4 Å². The van der Waals surface area contributed by atoms with Gasteiger partial charge in [0.05, 0.1) is 0 Å². The van der Waals surface area contributed by atoms with Crippen molar-refractivity contribution >= 4 is 14.5 Å². The molecule has 0 aromatic heterocycles. The van der Waals surface area contributed by atoms with Crippen LogP contribution in [0.3, 0.4) is 0 Å². The van der Waals surface area contributed by atoms with Crippen LogP contribution in [-0.4, -0.2) is 21.1 Å². The van der Waals surface area contributed by atoms with E-state index in [9.17, 15) is 0 Å². The Morgan fingerprint density at radius 2 is 2.06 bits per heavy atom. The minimum absolute atomic E-state index is 0.810. The topological polar surface area (TPSA) is 9.23 Å². The Bertz CT molecular complexity index is 358. The molecule has 0 spiro atoms. The van der Waals surface area contributed by atoms with E-state index in [1.165, 1.54) is 37.4 Å².